The van der Waals surface area contributed by atoms with Crippen molar-refractivity contribution >= 4 is 16.9 Å². The molecule has 0 radical (unpaired) electrons. The van der Waals surface area contributed by atoms with E-state index in [1.165, 1.54) is 22.9 Å². The average molecular weight is 379 g/mol. The topological polar surface area (TPSA) is 31.2 Å². The Labute approximate surface area is 165 Å². The Balaban J connectivity index is 1.89. The van der Waals surface area contributed by atoms with E-state index in [0.717, 1.165) is 30.2 Å². The van der Waals surface area contributed by atoms with Crippen LogP contribution in [0.3, 0.4) is 0 Å². The molecule has 1 heterocycles. The second-order valence-corrected chi connectivity index (χ2v) is 7.58. The Morgan fingerprint density at radius 1 is 1.25 bits per heavy atom. The van der Waals surface area contributed by atoms with Crippen molar-refractivity contribution in [2.75, 3.05) is 6.61 Å². The van der Waals surface area contributed by atoms with Crippen LogP contribution in [0, 0.1) is 5.82 Å². The van der Waals surface area contributed by atoms with Crippen LogP contribution >= 0.6 is 0 Å². The molecule has 1 aliphatic rings. The zero-order valence-corrected chi connectivity index (χ0v) is 16.5. The molecule has 0 saturated carbocycles. The Morgan fingerprint density at radius 2 is 2.04 bits per heavy atom. The van der Waals surface area contributed by atoms with E-state index in [2.05, 4.69) is 23.6 Å². The van der Waals surface area contributed by atoms with Crippen molar-refractivity contribution in [2.24, 2.45) is 0 Å². The van der Waals surface area contributed by atoms with Gasteiger partial charge in [0.1, 0.15) is 5.82 Å². The number of aromatic nitrogens is 1. The minimum atomic E-state index is -0.215. The van der Waals surface area contributed by atoms with Gasteiger partial charge in [0.05, 0.1) is 19.1 Å². The van der Waals surface area contributed by atoms with Crippen molar-refractivity contribution in [1.29, 1.82) is 0 Å². The van der Waals surface area contributed by atoms with E-state index in [4.69, 9.17) is 4.74 Å². The molecule has 4 rings (SSSR count). The van der Waals surface area contributed by atoms with Crippen LogP contribution in [0.2, 0.25) is 0 Å². The van der Waals surface area contributed by atoms with Crippen LogP contribution in [-0.2, 0) is 16.0 Å². The third-order valence-corrected chi connectivity index (χ3v) is 5.87. The summed E-state index contributed by atoms with van der Waals surface area (Å²) in [5.74, 6) is -0.271. The highest BCUT2D eigenvalue weighted by Crippen LogP contribution is 2.43. The normalized spacial score (nSPS) is 17.3. The van der Waals surface area contributed by atoms with Crippen LogP contribution in [0.1, 0.15) is 61.9 Å². The highest BCUT2D eigenvalue weighted by atomic mass is 19.1. The summed E-state index contributed by atoms with van der Waals surface area (Å²) in [6, 6.07) is 15.5. The number of halogens is 1. The maximum atomic E-state index is 14.1. The lowest BCUT2D eigenvalue weighted by atomic mass is 9.84. The summed E-state index contributed by atoms with van der Waals surface area (Å²) >= 11 is 0. The molecule has 3 nitrogen and oxygen atoms in total. The van der Waals surface area contributed by atoms with E-state index in [1.54, 1.807) is 6.07 Å². The van der Waals surface area contributed by atoms with Crippen molar-refractivity contribution in [3.63, 3.8) is 0 Å². The standard InChI is InChI=1S/C24H26FNO2/c1-3-28-23(27)14-18-10-7-11-20-21-15-19(25)12-13-22(21)26(24(18)20)16(2)17-8-5-4-6-9-17/h4-6,8-9,12-13,15-16,18H,3,7,10-11,14H2,1-2H3. The molecule has 0 N–H and O–H groups in total. The first-order valence-electron chi connectivity index (χ1n) is 10.1. The average Bonchev–Trinajstić information content (AvgIpc) is 3.03. The van der Waals surface area contributed by atoms with Crippen molar-refractivity contribution in [1.82, 2.24) is 4.57 Å². The fourth-order valence-electron chi connectivity index (χ4n) is 4.66. The van der Waals surface area contributed by atoms with Crippen molar-refractivity contribution in [2.45, 2.75) is 51.5 Å². The summed E-state index contributed by atoms with van der Waals surface area (Å²) < 4.78 is 21.6. The van der Waals surface area contributed by atoms with Crippen molar-refractivity contribution in [3.05, 3.63) is 71.2 Å². The Bertz CT molecular complexity index is 993. The number of aryl methyl sites for hydroxylation is 1. The van der Waals surface area contributed by atoms with Gasteiger partial charge in [-0.2, -0.15) is 0 Å². The first-order chi connectivity index (χ1) is 13.6. The molecule has 0 fully saturated rings. The Kier molecular flexibility index (Phi) is 5.21. The van der Waals surface area contributed by atoms with Crippen LogP contribution in [0.4, 0.5) is 4.39 Å². The van der Waals surface area contributed by atoms with E-state index in [9.17, 15) is 9.18 Å². The van der Waals surface area contributed by atoms with E-state index in [-0.39, 0.29) is 23.7 Å². The number of nitrogens with zero attached hydrogens (tertiary/aromatic N) is 1. The third kappa shape index (κ3) is 3.32. The van der Waals surface area contributed by atoms with Gasteiger partial charge in [-0.1, -0.05) is 30.3 Å². The molecule has 0 aliphatic heterocycles. The van der Waals surface area contributed by atoms with Crippen LogP contribution in [0.5, 0.6) is 0 Å². The first kappa shape index (κ1) is 18.7. The lowest BCUT2D eigenvalue weighted by molar-refractivity contribution is -0.143. The molecule has 0 bridgehead atoms. The van der Waals surface area contributed by atoms with Crippen LogP contribution in [0.15, 0.2) is 48.5 Å². The van der Waals surface area contributed by atoms with Gasteiger partial charge < -0.3 is 9.30 Å². The van der Waals surface area contributed by atoms with Gasteiger partial charge in [0.2, 0.25) is 0 Å². The van der Waals surface area contributed by atoms with Crippen molar-refractivity contribution in [3.8, 4) is 0 Å². The molecule has 4 heteroatoms. The number of hydrogen-bond acceptors (Lipinski definition) is 2. The van der Waals surface area contributed by atoms with Gasteiger partial charge in [-0.05, 0) is 62.4 Å². The molecule has 146 valence electrons. The fourth-order valence-corrected chi connectivity index (χ4v) is 4.66. The summed E-state index contributed by atoms with van der Waals surface area (Å²) in [6.45, 7) is 4.41. The number of ether oxygens (including phenoxy) is 1. The van der Waals surface area contributed by atoms with Gasteiger partial charge in [0, 0.05) is 22.5 Å². The second-order valence-electron chi connectivity index (χ2n) is 7.58. The molecule has 0 amide bonds. The van der Waals surface area contributed by atoms with Crippen LogP contribution < -0.4 is 0 Å². The fraction of sp³-hybridized carbons (Fsp3) is 0.375. The maximum Gasteiger partial charge on any atom is 0.306 e. The molecule has 1 aromatic heterocycles. The molecule has 2 atom stereocenters. The van der Waals surface area contributed by atoms with Gasteiger partial charge in [-0.25, -0.2) is 4.39 Å². The maximum absolute atomic E-state index is 14.1. The number of carbonyl (C=O) groups excluding carboxylic acids is 1. The monoisotopic (exact) mass is 379 g/mol. The third-order valence-electron chi connectivity index (χ3n) is 5.87. The van der Waals surface area contributed by atoms with Gasteiger partial charge in [0.25, 0.3) is 0 Å². The minimum Gasteiger partial charge on any atom is -0.466 e. The molecule has 0 spiro atoms. The number of carbonyl (C=O) groups is 1. The lowest BCUT2D eigenvalue weighted by Gasteiger charge is -2.28. The highest BCUT2D eigenvalue weighted by Gasteiger charge is 2.31. The minimum absolute atomic E-state index is 0.0979. The molecule has 1 aliphatic carbocycles. The summed E-state index contributed by atoms with van der Waals surface area (Å²) in [7, 11) is 0. The zero-order valence-electron chi connectivity index (χ0n) is 16.5. The van der Waals surface area contributed by atoms with Gasteiger partial charge in [-0.15, -0.1) is 0 Å². The first-order valence-corrected chi connectivity index (χ1v) is 10.1. The zero-order chi connectivity index (χ0) is 19.7. The number of esters is 1. The summed E-state index contributed by atoms with van der Waals surface area (Å²) in [6.07, 6.45) is 3.25. The predicted octanol–water partition coefficient (Wildman–Crippen LogP) is 5.76. The molecule has 3 aromatic rings. The van der Waals surface area contributed by atoms with Crippen LogP contribution in [0.25, 0.3) is 10.9 Å². The molecule has 0 saturated heterocycles. The summed E-state index contributed by atoms with van der Waals surface area (Å²) in [5, 5.41) is 0.978. The molecular formula is C24H26FNO2. The van der Waals surface area contributed by atoms with Gasteiger partial charge >= 0.3 is 5.97 Å². The highest BCUT2D eigenvalue weighted by molar-refractivity contribution is 5.87. The number of rotatable bonds is 5. The van der Waals surface area contributed by atoms with E-state index < -0.39 is 0 Å². The van der Waals surface area contributed by atoms with E-state index >= 15 is 0 Å². The largest absolute Gasteiger partial charge is 0.466 e. The summed E-state index contributed by atoms with van der Waals surface area (Å²) in [5.41, 5.74) is 4.61. The Morgan fingerprint density at radius 3 is 2.79 bits per heavy atom. The van der Waals surface area contributed by atoms with Gasteiger partial charge in [-0.3, -0.25) is 4.79 Å². The van der Waals surface area contributed by atoms with E-state index in [1.807, 2.05) is 31.2 Å². The summed E-state index contributed by atoms with van der Waals surface area (Å²) in [4.78, 5) is 12.3. The van der Waals surface area contributed by atoms with Gasteiger partial charge in [0.15, 0.2) is 0 Å². The van der Waals surface area contributed by atoms with E-state index in [0.29, 0.717) is 13.0 Å². The number of fused-ring (bicyclic) bond motifs is 3. The Hall–Kier alpha value is -2.62. The molecular weight excluding hydrogens is 353 g/mol. The predicted molar refractivity (Wildman–Crippen MR) is 109 cm³/mol. The number of benzene rings is 2. The molecule has 28 heavy (non-hydrogen) atoms. The number of hydrogen-bond donors (Lipinski definition) is 0. The SMILES string of the molecule is CCOC(=O)CC1CCCc2c1n(C(C)c1ccccc1)c1ccc(F)cc21. The lowest BCUT2D eigenvalue weighted by Crippen LogP contribution is -2.20. The smallest absolute Gasteiger partial charge is 0.306 e. The van der Waals surface area contributed by atoms with Crippen molar-refractivity contribution < 1.29 is 13.9 Å². The second kappa shape index (κ2) is 7.78. The molecule has 2 aromatic carbocycles. The quantitative estimate of drug-likeness (QED) is 0.528. The van der Waals surface area contributed by atoms with Crippen LogP contribution in [-0.4, -0.2) is 17.1 Å². The molecule has 2 unspecified atom stereocenters.